The molecule has 0 saturated carbocycles. The molecule has 7 rings (SSSR count). The second-order valence-electron chi connectivity index (χ2n) is 10.8. The van der Waals surface area contributed by atoms with E-state index >= 15 is 0 Å². The van der Waals surface area contributed by atoms with Gasteiger partial charge in [0.2, 0.25) is 0 Å². The Kier molecular flexibility index (Phi) is 6.71. The zero-order valence-corrected chi connectivity index (χ0v) is 24.2. The van der Waals surface area contributed by atoms with Gasteiger partial charge in [0.15, 0.2) is 0 Å². The molecular formula is C40H32O3. The number of para-hydroxylation sites is 2. The van der Waals surface area contributed by atoms with Crippen molar-refractivity contribution >= 4 is 0 Å². The lowest BCUT2D eigenvalue weighted by atomic mass is 9.46. The number of rotatable bonds is 7. The van der Waals surface area contributed by atoms with Crippen LogP contribution in [0.25, 0.3) is 0 Å². The van der Waals surface area contributed by atoms with Gasteiger partial charge in [0.1, 0.15) is 23.0 Å². The third-order valence-corrected chi connectivity index (χ3v) is 8.82. The predicted molar refractivity (Wildman–Crippen MR) is 172 cm³/mol. The molecule has 1 heterocycles. The van der Waals surface area contributed by atoms with Gasteiger partial charge in [-0.05, 0) is 58.7 Å². The molecule has 0 amide bonds. The van der Waals surface area contributed by atoms with Crippen molar-refractivity contribution in [3.63, 3.8) is 0 Å². The van der Waals surface area contributed by atoms with E-state index in [9.17, 15) is 0 Å². The fraction of sp³-hybridized carbons (Fsp3) is 0.100. The van der Waals surface area contributed by atoms with Crippen LogP contribution in [0.3, 0.4) is 0 Å². The fourth-order valence-corrected chi connectivity index (χ4v) is 7.13. The Labute approximate surface area is 253 Å². The van der Waals surface area contributed by atoms with Crippen molar-refractivity contribution in [3.8, 4) is 23.0 Å². The zero-order valence-electron chi connectivity index (χ0n) is 24.2. The van der Waals surface area contributed by atoms with Crippen molar-refractivity contribution in [2.45, 2.75) is 10.8 Å². The summed E-state index contributed by atoms with van der Waals surface area (Å²) in [5.74, 6) is 3.30. The number of fused-ring (bicyclic) bond motifs is 2. The van der Waals surface area contributed by atoms with Crippen LogP contribution in [0.15, 0.2) is 158 Å². The van der Waals surface area contributed by atoms with Crippen LogP contribution in [0.5, 0.6) is 23.0 Å². The Morgan fingerprint density at radius 1 is 0.442 bits per heavy atom. The van der Waals surface area contributed by atoms with Gasteiger partial charge in [0.05, 0.1) is 25.0 Å². The summed E-state index contributed by atoms with van der Waals surface area (Å²) in [6.07, 6.45) is 0. The van der Waals surface area contributed by atoms with Gasteiger partial charge >= 0.3 is 0 Å². The van der Waals surface area contributed by atoms with E-state index in [0.29, 0.717) is 0 Å². The average Bonchev–Trinajstić information content (AvgIpc) is 3.09. The number of ether oxygens (including phenoxy) is 3. The van der Waals surface area contributed by atoms with Crippen molar-refractivity contribution in [2.24, 2.45) is 0 Å². The lowest BCUT2D eigenvalue weighted by molar-refractivity contribution is 0.352. The molecule has 0 aromatic heterocycles. The summed E-state index contributed by atoms with van der Waals surface area (Å²) in [6, 6.07) is 55.7. The van der Waals surface area contributed by atoms with Crippen LogP contribution in [0.4, 0.5) is 0 Å². The topological polar surface area (TPSA) is 27.7 Å². The molecule has 0 fully saturated rings. The van der Waals surface area contributed by atoms with Crippen LogP contribution in [0.1, 0.15) is 33.4 Å². The highest BCUT2D eigenvalue weighted by atomic mass is 16.5. The molecule has 0 atom stereocenters. The number of methoxy groups -OCH3 is 2. The Morgan fingerprint density at radius 3 is 1.30 bits per heavy atom. The molecule has 0 spiro atoms. The van der Waals surface area contributed by atoms with Crippen LogP contribution >= 0.6 is 0 Å². The SMILES string of the molecule is COc1ccc(C(c2ccccc2)(c2ccc(OC)cc2)C2(c3ccccc3)c3ccccc3Oc3ccccc32)cc1. The molecule has 0 saturated heterocycles. The fourth-order valence-electron chi connectivity index (χ4n) is 7.13. The van der Waals surface area contributed by atoms with Crippen LogP contribution in [-0.2, 0) is 10.8 Å². The van der Waals surface area contributed by atoms with Crippen LogP contribution in [-0.4, -0.2) is 14.2 Å². The molecule has 3 heteroatoms. The molecule has 210 valence electrons. The maximum Gasteiger partial charge on any atom is 0.131 e. The summed E-state index contributed by atoms with van der Waals surface area (Å²) in [6.45, 7) is 0. The second-order valence-corrected chi connectivity index (χ2v) is 10.8. The second kappa shape index (κ2) is 10.8. The molecule has 0 aliphatic carbocycles. The number of benzene rings is 6. The van der Waals surface area contributed by atoms with Gasteiger partial charge in [-0.3, -0.25) is 0 Å². The molecule has 0 radical (unpaired) electrons. The minimum Gasteiger partial charge on any atom is -0.497 e. The van der Waals surface area contributed by atoms with Crippen molar-refractivity contribution in [3.05, 3.63) is 191 Å². The van der Waals surface area contributed by atoms with E-state index < -0.39 is 10.8 Å². The third kappa shape index (κ3) is 3.96. The molecule has 0 bridgehead atoms. The first-order chi connectivity index (χ1) is 21.2. The number of hydrogen-bond acceptors (Lipinski definition) is 3. The molecule has 6 aromatic carbocycles. The summed E-state index contributed by atoms with van der Waals surface area (Å²) in [5, 5.41) is 0. The van der Waals surface area contributed by atoms with E-state index in [1.807, 2.05) is 12.1 Å². The summed E-state index contributed by atoms with van der Waals surface area (Å²) in [4.78, 5) is 0. The smallest absolute Gasteiger partial charge is 0.131 e. The summed E-state index contributed by atoms with van der Waals surface area (Å²) in [7, 11) is 3.42. The molecular weight excluding hydrogens is 528 g/mol. The highest BCUT2D eigenvalue weighted by molar-refractivity contribution is 5.73. The van der Waals surface area contributed by atoms with Gasteiger partial charge < -0.3 is 14.2 Å². The Morgan fingerprint density at radius 2 is 0.837 bits per heavy atom. The highest BCUT2D eigenvalue weighted by Crippen LogP contribution is 2.65. The normalized spacial score (nSPS) is 13.3. The van der Waals surface area contributed by atoms with Crippen LogP contribution in [0.2, 0.25) is 0 Å². The van der Waals surface area contributed by atoms with Crippen molar-refractivity contribution < 1.29 is 14.2 Å². The van der Waals surface area contributed by atoms with Gasteiger partial charge in [-0.2, -0.15) is 0 Å². The maximum atomic E-state index is 6.69. The van der Waals surface area contributed by atoms with Crippen molar-refractivity contribution in [1.29, 1.82) is 0 Å². The van der Waals surface area contributed by atoms with E-state index in [1.54, 1.807) is 14.2 Å². The van der Waals surface area contributed by atoms with E-state index in [0.717, 1.165) is 56.4 Å². The summed E-state index contributed by atoms with van der Waals surface area (Å²) in [5.41, 5.74) is 5.22. The van der Waals surface area contributed by atoms with E-state index in [1.165, 1.54) is 0 Å². The van der Waals surface area contributed by atoms with E-state index in [4.69, 9.17) is 14.2 Å². The summed E-state index contributed by atoms with van der Waals surface area (Å²) >= 11 is 0. The van der Waals surface area contributed by atoms with E-state index in [2.05, 4.69) is 146 Å². The van der Waals surface area contributed by atoms with Crippen molar-refractivity contribution in [1.82, 2.24) is 0 Å². The highest BCUT2D eigenvalue weighted by Gasteiger charge is 2.60. The molecule has 3 nitrogen and oxygen atoms in total. The molecule has 0 unspecified atom stereocenters. The van der Waals surface area contributed by atoms with Gasteiger partial charge in [0.25, 0.3) is 0 Å². The first kappa shape index (κ1) is 26.6. The standard InChI is InChI=1S/C40H32O3/c1-41-33-25-21-31(22-26-33)39(29-13-5-3-6-14-29,32-23-27-34(42-2)28-24-32)40(30-15-7-4-8-16-30)35-17-9-11-19-37(35)43-38-20-12-10-18-36(38)40/h3-28H,1-2H3. The first-order valence-corrected chi connectivity index (χ1v) is 14.5. The van der Waals surface area contributed by atoms with Crippen molar-refractivity contribution in [2.75, 3.05) is 14.2 Å². The van der Waals surface area contributed by atoms with Gasteiger partial charge in [-0.15, -0.1) is 0 Å². The van der Waals surface area contributed by atoms with Gasteiger partial charge in [0, 0.05) is 11.1 Å². The van der Waals surface area contributed by atoms with Gasteiger partial charge in [-0.25, -0.2) is 0 Å². The average molecular weight is 561 g/mol. The molecule has 6 aromatic rings. The lowest BCUT2D eigenvalue weighted by Gasteiger charge is -2.55. The molecule has 0 N–H and O–H groups in total. The Balaban J connectivity index is 1.77. The largest absolute Gasteiger partial charge is 0.497 e. The lowest BCUT2D eigenvalue weighted by Crippen LogP contribution is -2.53. The quantitative estimate of drug-likeness (QED) is 0.182. The molecule has 43 heavy (non-hydrogen) atoms. The van der Waals surface area contributed by atoms with Gasteiger partial charge in [-0.1, -0.05) is 121 Å². The van der Waals surface area contributed by atoms with Crippen LogP contribution < -0.4 is 14.2 Å². The van der Waals surface area contributed by atoms with Crippen LogP contribution in [0, 0.1) is 0 Å². The minimum absolute atomic E-state index is 0.760. The third-order valence-electron chi connectivity index (χ3n) is 8.82. The Bertz CT molecular complexity index is 1750. The minimum atomic E-state index is -0.774. The molecule has 1 aliphatic rings. The predicted octanol–water partition coefficient (Wildman–Crippen LogP) is 9.18. The summed E-state index contributed by atoms with van der Waals surface area (Å²) < 4.78 is 18.0. The Hall–Kier alpha value is -5.28. The monoisotopic (exact) mass is 560 g/mol. The molecule has 1 aliphatic heterocycles. The maximum absolute atomic E-state index is 6.69. The first-order valence-electron chi connectivity index (χ1n) is 14.5. The number of hydrogen-bond donors (Lipinski definition) is 0. The zero-order chi connectivity index (χ0) is 29.3. The van der Waals surface area contributed by atoms with E-state index in [-0.39, 0.29) is 0 Å².